The molecule has 1 aromatic heterocycles. The van der Waals surface area contributed by atoms with Gasteiger partial charge in [-0.15, -0.1) is 0 Å². The molecule has 2 aromatic rings. The van der Waals surface area contributed by atoms with E-state index >= 15 is 0 Å². The molecule has 27 heavy (non-hydrogen) atoms. The number of rotatable bonds is 2. The van der Waals surface area contributed by atoms with Gasteiger partial charge >= 0.3 is 6.09 Å². The highest BCUT2D eigenvalue weighted by molar-refractivity contribution is 9.10. The van der Waals surface area contributed by atoms with Gasteiger partial charge in [0, 0.05) is 19.1 Å². The zero-order valence-corrected chi connectivity index (χ0v) is 17.6. The normalized spacial score (nSPS) is 17.9. The third-order valence-electron chi connectivity index (χ3n) is 4.41. The number of piperidine rings is 1. The van der Waals surface area contributed by atoms with E-state index in [-0.39, 0.29) is 12.1 Å². The molecule has 1 fully saturated rings. The predicted octanol–water partition coefficient (Wildman–Crippen LogP) is 4.65. The molecule has 8 heteroatoms. The van der Waals surface area contributed by atoms with Gasteiger partial charge in [-0.3, -0.25) is 0 Å². The van der Waals surface area contributed by atoms with E-state index in [0.29, 0.717) is 34.3 Å². The van der Waals surface area contributed by atoms with Crippen LogP contribution < -0.4 is 5.32 Å². The lowest BCUT2D eigenvalue weighted by Crippen LogP contribution is -2.47. The van der Waals surface area contributed by atoms with E-state index in [1.54, 1.807) is 11.0 Å². The van der Waals surface area contributed by atoms with Crippen LogP contribution >= 0.6 is 15.9 Å². The van der Waals surface area contributed by atoms with E-state index in [1.807, 2.05) is 27.7 Å². The van der Waals surface area contributed by atoms with Gasteiger partial charge in [0.15, 0.2) is 5.82 Å². The summed E-state index contributed by atoms with van der Waals surface area (Å²) in [6.45, 7) is 8.56. The Labute approximate surface area is 166 Å². The molecule has 2 heterocycles. The van der Waals surface area contributed by atoms with E-state index in [9.17, 15) is 9.18 Å². The molecule has 0 bridgehead atoms. The van der Waals surface area contributed by atoms with Gasteiger partial charge in [0.2, 0.25) is 0 Å². The summed E-state index contributed by atoms with van der Waals surface area (Å²) in [6, 6.07) is 1.67. The highest BCUT2D eigenvalue weighted by Gasteiger charge is 2.28. The number of carbonyl (C=O) groups is 1. The second-order valence-electron chi connectivity index (χ2n) is 7.84. The highest BCUT2D eigenvalue weighted by Crippen LogP contribution is 2.31. The third-order valence-corrected chi connectivity index (χ3v) is 4.98. The molecule has 0 saturated carbocycles. The van der Waals surface area contributed by atoms with Crippen LogP contribution in [-0.2, 0) is 4.74 Å². The number of nitrogens with zero attached hydrogens (tertiary/aromatic N) is 3. The molecule has 1 saturated heterocycles. The highest BCUT2D eigenvalue weighted by atomic mass is 79.9. The number of amides is 1. The van der Waals surface area contributed by atoms with E-state index in [2.05, 4.69) is 31.2 Å². The molecule has 0 radical (unpaired) electrons. The fourth-order valence-corrected chi connectivity index (χ4v) is 3.77. The van der Waals surface area contributed by atoms with Gasteiger partial charge < -0.3 is 15.0 Å². The number of fused-ring (bicyclic) bond motifs is 1. The summed E-state index contributed by atoms with van der Waals surface area (Å²) in [5.41, 5.74) is 0.906. The lowest BCUT2D eigenvalue weighted by Gasteiger charge is -2.34. The first kappa shape index (κ1) is 19.8. The molecular formula is C19H24BrFN4O2. The largest absolute Gasteiger partial charge is 0.444 e. The van der Waals surface area contributed by atoms with Gasteiger partial charge in [-0.05, 0) is 68.1 Å². The molecule has 6 nitrogen and oxygen atoms in total. The van der Waals surface area contributed by atoms with Gasteiger partial charge in [0.25, 0.3) is 0 Å². The number of aromatic nitrogens is 2. The summed E-state index contributed by atoms with van der Waals surface area (Å²) >= 11 is 3.26. The van der Waals surface area contributed by atoms with Crippen LogP contribution in [0, 0.1) is 12.7 Å². The van der Waals surface area contributed by atoms with Crippen LogP contribution in [0.5, 0.6) is 0 Å². The number of carbonyl (C=O) groups excluding carboxylic acids is 1. The van der Waals surface area contributed by atoms with Crippen molar-refractivity contribution in [2.24, 2.45) is 0 Å². The second kappa shape index (κ2) is 7.58. The van der Waals surface area contributed by atoms with Crippen LogP contribution in [0.15, 0.2) is 16.9 Å². The minimum absolute atomic E-state index is 0.0388. The van der Waals surface area contributed by atoms with Crippen molar-refractivity contribution in [3.63, 3.8) is 0 Å². The average Bonchev–Trinajstić information content (AvgIpc) is 2.58. The zero-order chi connectivity index (χ0) is 19.8. The topological polar surface area (TPSA) is 67.4 Å². The number of hydrogen-bond acceptors (Lipinski definition) is 5. The summed E-state index contributed by atoms with van der Waals surface area (Å²) in [5.74, 6) is 0.0523. The molecule has 1 atom stereocenters. The molecule has 3 rings (SSSR count). The van der Waals surface area contributed by atoms with Gasteiger partial charge in [0.1, 0.15) is 17.7 Å². The average molecular weight is 439 g/mol. The van der Waals surface area contributed by atoms with Crippen LogP contribution in [0.2, 0.25) is 0 Å². The Morgan fingerprint density at radius 2 is 2.15 bits per heavy atom. The zero-order valence-electron chi connectivity index (χ0n) is 16.0. The van der Waals surface area contributed by atoms with E-state index < -0.39 is 11.4 Å². The predicted molar refractivity (Wildman–Crippen MR) is 106 cm³/mol. The van der Waals surface area contributed by atoms with Crippen molar-refractivity contribution in [1.29, 1.82) is 0 Å². The fourth-order valence-electron chi connectivity index (χ4n) is 3.22. The number of anilines is 1. The maximum Gasteiger partial charge on any atom is 0.410 e. The molecule has 0 aliphatic carbocycles. The maximum absolute atomic E-state index is 14.7. The molecule has 1 N–H and O–H groups in total. The summed E-state index contributed by atoms with van der Waals surface area (Å²) in [4.78, 5) is 22.5. The number of aryl methyl sites for hydroxylation is 1. The Morgan fingerprint density at radius 1 is 1.41 bits per heavy atom. The molecule has 0 spiro atoms. The van der Waals surface area contributed by atoms with Crippen LogP contribution in [0.25, 0.3) is 10.9 Å². The third kappa shape index (κ3) is 4.48. The van der Waals surface area contributed by atoms with Crippen LogP contribution in [-0.4, -0.2) is 45.7 Å². The van der Waals surface area contributed by atoms with Crippen molar-refractivity contribution in [1.82, 2.24) is 14.9 Å². The first-order valence-corrected chi connectivity index (χ1v) is 9.79. The first-order valence-electron chi connectivity index (χ1n) is 8.99. The van der Waals surface area contributed by atoms with Gasteiger partial charge in [-0.2, -0.15) is 0 Å². The van der Waals surface area contributed by atoms with E-state index in [0.717, 1.165) is 18.4 Å². The molecule has 146 valence electrons. The fraction of sp³-hybridized carbons (Fsp3) is 0.526. The smallest absolute Gasteiger partial charge is 0.410 e. The Bertz CT molecular complexity index is 869. The molecular weight excluding hydrogens is 415 g/mol. The summed E-state index contributed by atoms with van der Waals surface area (Å²) in [6.07, 6.45) is 2.80. The van der Waals surface area contributed by atoms with Crippen molar-refractivity contribution in [2.75, 3.05) is 18.4 Å². The standard InChI is InChI=1S/C19H24BrFN4O2/c1-11-8-13(20)15(21)14-16(11)22-10-23-17(14)24-12-6-5-7-25(9-12)18(26)27-19(2,3)4/h8,10,12H,5-7,9H2,1-4H3,(H,22,23,24)/t12-/m0/s1. The van der Waals surface area contributed by atoms with Crippen LogP contribution in [0.4, 0.5) is 15.0 Å². The number of halogens is 2. The summed E-state index contributed by atoms with van der Waals surface area (Å²) in [5, 5.41) is 3.67. The van der Waals surface area contributed by atoms with Crippen molar-refractivity contribution in [3.05, 3.63) is 28.2 Å². The second-order valence-corrected chi connectivity index (χ2v) is 8.70. The van der Waals surface area contributed by atoms with Gasteiger partial charge in [-0.25, -0.2) is 19.2 Å². The first-order chi connectivity index (χ1) is 12.7. The molecule has 1 aliphatic rings. The number of likely N-dealkylation sites (tertiary alicyclic amines) is 1. The van der Waals surface area contributed by atoms with Crippen LogP contribution in [0.3, 0.4) is 0 Å². The van der Waals surface area contributed by atoms with Gasteiger partial charge in [0.05, 0.1) is 15.4 Å². The number of nitrogens with one attached hydrogen (secondary N) is 1. The molecule has 1 aliphatic heterocycles. The minimum Gasteiger partial charge on any atom is -0.444 e. The number of hydrogen-bond donors (Lipinski definition) is 1. The van der Waals surface area contributed by atoms with Crippen molar-refractivity contribution in [3.8, 4) is 0 Å². The molecule has 1 amide bonds. The molecule has 1 aromatic carbocycles. The Morgan fingerprint density at radius 3 is 2.85 bits per heavy atom. The quantitative estimate of drug-likeness (QED) is 0.738. The Balaban J connectivity index is 1.82. The number of ether oxygens (including phenoxy) is 1. The van der Waals surface area contributed by atoms with Crippen LogP contribution in [0.1, 0.15) is 39.2 Å². The lowest BCUT2D eigenvalue weighted by molar-refractivity contribution is 0.0206. The van der Waals surface area contributed by atoms with Crippen molar-refractivity contribution >= 4 is 38.7 Å². The van der Waals surface area contributed by atoms with Gasteiger partial charge in [-0.1, -0.05) is 0 Å². The SMILES string of the molecule is Cc1cc(Br)c(F)c2c(N[C@H]3CCCN(C(=O)OC(C)(C)C)C3)ncnc12. The maximum atomic E-state index is 14.7. The number of benzene rings is 1. The summed E-state index contributed by atoms with van der Waals surface area (Å²) < 4.78 is 20.6. The minimum atomic E-state index is -0.534. The Hall–Kier alpha value is -1.96. The summed E-state index contributed by atoms with van der Waals surface area (Å²) in [7, 11) is 0. The van der Waals surface area contributed by atoms with E-state index in [1.165, 1.54) is 6.33 Å². The van der Waals surface area contributed by atoms with Crippen molar-refractivity contribution in [2.45, 2.75) is 52.2 Å². The van der Waals surface area contributed by atoms with E-state index in [4.69, 9.17) is 4.74 Å². The van der Waals surface area contributed by atoms with Crippen molar-refractivity contribution < 1.29 is 13.9 Å². The lowest BCUT2D eigenvalue weighted by atomic mass is 10.1. The monoisotopic (exact) mass is 438 g/mol. The Kier molecular flexibility index (Phi) is 5.55. The molecule has 0 unspecified atom stereocenters.